The maximum Gasteiger partial charge on any atom is 0.328 e. The molecule has 34 heavy (non-hydrogen) atoms. The lowest BCUT2D eigenvalue weighted by Gasteiger charge is -2.32. The summed E-state index contributed by atoms with van der Waals surface area (Å²) in [6.45, 7) is 7.46. The van der Waals surface area contributed by atoms with Crippen molar-refractivity contribution in [3.8, 4) is 11.3 Å². The Morgan fingerprint density at radius 1 is 1.09 bits per heavy atom. The van der Waals surface area contributed by atoms with Crippen LogP contribution < -0.4 is 15.5 Å². The van der Waals surface area contributed by atoms with E-state index < -0.39 is 6.29 Å². The average molecular weight is 464 g/mol. The van der Waals surface area contributed by atoms with Gasteiger partial charge in [-0.3, -0.25) is 0 Å². The number of anilines is 3. The number of carbonyl (C=O) groups is 1. The van der Waals surface area contributed by atoms with Crippen LogP contribution in [0.25, 0.3) is 11.3 Å². The maximum absolute atomic E-state index is 13.9. The van der Waals surface area contributed by atoms with Crippen molar-refractivity contribution in [2.45, 2.75) is 33.6 Å². The summed E-state index contributed by atoms with van der Waals surface area (Å²) >= 11 is 0. The quantitative estimate of drug-likeness (QED) is 0.585. The number of nitrogens with one attached hydrogen (secondary N) is 2. The largest absolute Gasteiger partial charge is 0.349 e. The number of nitrogens with zero attached hydrogens (tertiary/aromatic N) is 3. The van der Waals surface area contributed by atoms with Crippen molar-refractivity contribution in [3.05, 3.63) is 64.5 Å². The van der Waals surface area contributed by atoms with Gasteiger partial charge in [0.1, 0.15) is 5.82 Å². The first-order chi connectivity index (χ1) is 16.4. The summed E-state index contributed by atoms with van der Waals surface area (Å²) in [5, 5.41) is 6.14. The molecule has 0 spiro atoms. The van der Waals surface area contributed by atoms with Crippen LogP contribution in [0.5, 0.6) is 0 Å². The van der Waals surface area contributed by atoms with Crippen molar-refractivity contribution in [2.24, 2.45) is 0 Å². The third-order valence-corrected chi connectivity index (χ3v) is 6.04. The van der Waals surface area contributed by atoms with Crippen molar-refractivity contribution in [3.63, 3.8) is 0 Å². The molecule has 0 unspecified atom stereocenters. The number of fused-ring (bicyclic) bond motifs is 1. The van der Waals surface area contributed by atoms with E-state index in [4.69, 9.17) is 19.4 Å². The van der Waals surface area contributed by atoms with Crippen molar-refractivity contribution in [1.29, 1.82) is 0 Å². The number of urea groups is 1. The third-order valence-electron chi connectivity index (χ3n) is 6.04. The summed E-state index contributed by atoms with van der Waals surface area (Å²) in [4.78, 5) is 24.3. The van der Waals surface area contributed by atoms with E-state index in [2.05, 4.69) is 10.6 Å². The zero-order valence-corrected chi connectivity index (χ0v) is 19.3. The van der Waals surface area contributed by atoms with Crippen molar-refractivity contribution >= 4 is 23.5 Å². The average Bonchev–Trinajstić information content (AvgIpc) is 3.32. The molecule has 2 N–H and O–H groups in total. The van der Waals surface area contributed by atoms with E-state index in [1.54, 1.807) is 11.0 Å². The summed E-state index contributed by atoms with van der Waals surface area (Å²) < 4.78 is 24.9. The fourth-order valence-electron chi connectivity index (χ4n) is 4.42. The van der Waals surface area contributed by atoms with Gasteiger partial charge in [0.2, 0.25) is 5.95 Å². The van der Waals surface area contributed by atoms with Gasteiger partial charge in [-0.2, -0.15) is 4.98 Å². The van der Waals surface area contributed by atoms with Gasteiger partial charge in [-0.25, -0.2) is 19.1 Å². The summed E-state index contributed by atoms with van der Waals surface area (Å²) in [6.07, 6.45) is -0.395. The number of carbonyl (C=O) groups excluding carboxylic acids is 1. The minimum atomic E-state index is -0.395. The van der Waals surface area contributed by atoms with Gasteiger partial charge in [-0.05, 0) is 55.7 Å². The highest BCUT2D eigenvalue weighted by molar-refractivity contribution is 6.03. The molecule has 0 radical (unpaired) electrons. The zero-order valence-electron chi connectivity index (χ0n) is 19.3. The summed E-state index contributed by atoms with van der Waals surface area (Å²) in [5.41, 5.74) is 5.57. The van der Waals surface area contributed by atoms with Crippen LogP contribution in [0.1, 0.15) is 22.3 Å². The minimum absolute atomic E-state index is 0.261. The first-order valence-electron chi connectivity index (χ1n) is 11.2. The van der Waals surface area contributed by atoms with E-state index in [-0.39, 0.29) is 18.4 Å². The van der Waals surface area contributed by atoms with Crippen LogP contribution in [0.3, 0.4) is 0 Å². The minimum Gasteiger partial charge on any atom is -0.349 e. The molecule has 1 fully saturated rings. The van der Waals surface area contributed by atoms with Gasteiger partial charge < -0.3 is 20.1 Å². The molecule has 5 rings (SSSR count). The fraction of sp³-hybridized carbons (Fsp3) is 0.320. The summed E-state index contributed by atoms with van der Waals surface area (Å²) in [6, 6.07) is 10.2. The van der Waals surface area contributed by atoms with E-state index in [0.717, 1.165) is 33.5 Å². The smallest absolute Gasteiger partial charge is 0.328 e. The van der Waals surface area contributed by atoms with Gasteiger partial charge >= 0.3 is 6.03 Å². The monoisotopic (exact) mass is 463 g/mol. The fourth-order valence-corrected chi connectivity index (χ4v) is 4.42. The number of hydrogen-bond donors (Lipinski definition) is 2. The molecule has 2 aliphatic heterocycles. The van der Waals surface area contributed by atoms with E-state index in [9.17, 15) is 9.18 Å². The third kappa shape index (κ3) is 4.08. The van der Waals surface area contributed by atoms with Gasteiger partial charge in [0.05, 0.1) is 37.7 Å². The number of amides is 2. The van der Waals surface area contributed by atoms with E-state index in [0.29, 0.717) is 37.2 Å². The van der Waals surface area contributed by atoms with Crippen LogP contribution in [0.2, 0.25) is 0 Å². The topological polar surface area (TPSA) is 88.6 Å². The SMILES string of the molecule is Cc1cc(F)ccc1-c1nc(NCC2OCCO2)nc2c1CNC(=O)N2c1c(C)cccc1C. The van der Waals surface area contributed by atoms with Crippen LogP contribution in [0, 0.1) is 26.6 Å². The Morgan fingerprint density at radius 3 is 2.53 bits per heavy atom. The molecule has 0 bridgehead atoms. The van der Waals surface area contributed by atoms with E-state index in [1.165, 1.54) is 12.1 Å². The number of benzene rings is 2. The van der Waals surface area contributed by atoms with Gasteiger partial charge in [0.25, 0.3) is 0 Å². The highest BCUT2D eigenvalue weighted by atomic mass is 19.1. The number of aromatic nitrogens is 2. The lowest BCUT2D eigenvalue weighted by atomic mass is 9.99. The second kappa shape index (κ2) is 9.00. The Kier molecular flexibility index (Phi) is 5.89. The number of halogens is 1. The molecule has 176 valence electrons. The van der Waals surface area contributed by atoms with Crippen LogP contribution in [0.15, 0.2) is 36.4 Å². The van der Waals surface area contributed by atoms with Crippen molar-refractivity contribution in [1.82, 2.24) is 15.3 Å². The Balaban J connectivity index is 1.67. The second-order valence-corrected chi connectivity index (χ2v) is 8.44. The van der Waals surface area contributed by atoms with Crippen LogP contribution >= 0.6 is 0 Å². The molecule has 0 atom stereocenters. The number of rotatable bonds is 5. The molecule has 8 nitrogen and oxygen atoms in total. The Hall–Kier alpha value is -3.56. The predicted molar refractivity (Wildman–Crippen MR) is 127 cm³/mol. The molecule has 3 aromatic rings. The standard InChI is InChI=1S/C25H26FN5O3/c1-14-5-4-6-15(2)22(14)31-23-19(12-28-25(31)32)21(18-8-7-17(26)11-16(18)3)29-24(30-23)27-13-20-33-9-10-34-20/h4-8,11,20H,9-10,12-13H2,1-3H3,(H,28,32)(H,27,29,30). The van der Waals surface area contributed by atoms with Gasteiger partial charge in [0, 0.05) is 11.1 Å². The first-order valence-corrected chi connectivity index (χ1v) is 11.2. The van der Waals surface area contributed by atoms with E-state index >= 15 is 0 Å². The summed E-state index contributed by atoms with van der Waals surface area (Å²) in [5.74, 6) is 0.511. The number of hydrogen-bond acceptors (Lipinski definition) is 6. The van der Waals surface area contributed by atoms with Crippen LogP contribution in [-0.4, -0.2) is 42.0 Å². The van der Waals surface area contributed by atoms with Crippen molar-refractivity contribution in [2.75, 3.05) is 30.0 Å². The lowest BCUT2D eigenvalue weighted by Crippen LogP contribution is -2.43. The molecule has 2 amide bonds. The zero-order chi connectivity index (χ0) is 23.8. The molecule has 9 heteroatoms. The Bertz CT molecular complexity index is 1240. The van der Waals surface area contributed by atoms with Gasteiger partial charge in [0.15, 0.2) is 12.1 Å². The number of aryl methyl sites for hydroxylation is 3. The highest BCUT2D eigenvalue weighted by Gasteiger charge is 2.32. The molecule has 1 aromatic heterocycles. The van der Waals surface area contributed by atoms with E-state index in [1.807, 2.05) is 39.0 Å². The second-order valence-electron chi connectivity index (χ2n) is 8.44. The molecule has 1 saturated heterocycles. The maximum atomic E-state index is 13.9. The van der Waals surface area contributed by atoms with Gasteiger partial charge in [-0.15, -0.1) is 0 Å². The van der Waals surface area contributed by atoms with Crippen LogP contribution in [-0.2, 0) is 16.0 Å². The number of para-hydroxylation sites is 1. The molecule has 2 aliphatic rings. The highest BCUT2D eigenvalue weighted by Crippen LogP contribution is 2.39. The molecule has 3 heterocycles. The molecular weight excluding hydrogens is 437 g/mol. The lowest BCUT2D eigenvalue weighted by molar-refractivity contribution is -0.0300. The number of ether oxygens (including phenoxy) is 2. The Labute approximate surface area is 197 Å². The molecule has 0 saturated carbocycles. The molecular formula is C25H26FN5O3. The normalized spacial score (nSPS) is 15.9. The first kappa shape index (κ1) is 22.2. The molecule has 2 aromatic carbocycles. The predicted octanol–water partition coefficient (Wildman–Crippen LogP) is 4.35. The Morgan fingerprint density at radius 2 is 1.82 bits per heavy atom. The molecule has 0 aliphatic carbocycles. The van der Waals surface area contributed by atoms with Crippen molar-refractivity contribution < 1.29 is 18.7 Å². The van der Waals surface area contributed by atoms with Gasteiger partial charge in [-0.1, -0.05) is 18.2 Å². The summed E-state index contributed by atoms with van der Waals surface area (Å²) in [7, 11) is 0. The van der Waals surface area contributed by atoms with Crippen LogP contribution in [0.4, 0.5) is 26.6 Å².